The number of imidazole rings is 1. The van der Waals surface area contributed by atoms with Gasteiger partial charge in [-0.15, -0.1) is 5.92 Å². The van der Waals surface area contributed by atoms with E-state index in [4.69, 9.17) is 10.7 Å². The van der Waals surface area contributed by atoms with Gasteiger partial charge in [0.1, 0.15) is 5.82 Å². The molecule has 1 saturated heterocycles. The van der Waals surface area contributed by atoms with Crippen molar-refractivity contribution in [3.8, 4) is 11.8 Å². The molecule has 1 aromatic carbocycles. The van der Waals surface area contributed by atoms with Gasteiger partial charge in [0, 0.05) is 30.2 Å². The van der Waals surface area contributed by atoms with Crippen LogP contribution in [-0.2, 0) is 13.1 Å². The Morgan fingerprint density at radius 2 is 2.06 bits per heavy atom. The first-order chi connectivity index (χ1) is 16.0. The van der Waals surface area contributed by atoms with Crippen molar-refractivity contribution >= 4 is 28.6 Å². The maximum absolute atomic E-state index is 13.6. The Morgan fingerprint density at radius 1 is 1.24 bits per heavy atom. The van der Waals surface area contributed by atoms with Gasteiger partial charge >= 0.3 is 0 Å². The summed E-state index contributed by atoms with van der Waals surface area (Å²) in [4.78, 5) is 31.6. The van der Waals surface area contributed by atoms with Crippen LogP contribution in [0.2, 0.25) is 0 Å². The second kappa shape index (κ2) is 9.69. The van der Waals surface area contributed by atoms with Crippen LogP contribution in [0.25, 0.3) is 10.9 Å². The number of carbonyl (C=O) groups excluding carboxylic acids is 1. The van der Waals surface area contributed by atoms with E-state index in [2.05, 4.69) is 32.0 Å². The van der Waals surface area contributed by atoms with E-state index in [1.165, 1.54) is 0 Å². The maximum atomic E-state index is 13.6. The van der Waals surface area contributed by atoms with Gasteiger partial charge in [-0.3, -0.25) is 9.36 Å². The number of amides is 1. The fourth-order valence-corrected chi connectivity index (χ4v) is 4.58. The number of anilines is 2. The number of nitrogens with two attached hydrogens (primary N) is 1. The van der Waals surface area contributed by atoms with Gasteiger partial charge < -0.3 is 20.9 Å². The third kappa shape index (κ3) is 4.29. The van der Waals surface area contributed by atoms with Crippen molar-refractivity contribution in [3.05, 3.63) is 41.5 Å². The zero-order valence-electron chi connectivity index (χ0n) is 19.0. The molecule has 3 aromatic rings. The molecule has 9 nitrogen and oxygen atoms in total. The molecule has 34 heavy (non-hydrogen) atoms. The van der Waals surface area contributed by atoms with Crippen molar-refractivity contribution in [2.45, 2.75) is 53.2 Å². The summed E-state index contributed by atoms with van der Waals surface area (Å²) in [7, 11) is 0. The molecule has 178 valence electrons. The molecule has 2 aliphatic rings. The van der Waals surface area contributed by atoms with Gasteiger partial charge in [-0.25, -0.2) is 9.97 Å². The van der Waals surface area contributed by atoms with E-state index in [-0.39, 0.29) is 19.4 Å². The standard InChI is InChI=1S/C24H28N8O.CH4/c1-3-4-12-32-21-22(29-24(32)30-11-7-8-17(25)13-30)26-15-31(23(21)33)14-20-27-16(2)18-9-5-6-10-19(18)28-20;/h5-6,9-10,17,26H,7-8,11-15,25H2,1-2H3;1H4. The minimum absolute atomic E-state index is 0. The third-order valence-corrected chi connectivity index (χ3v) is 6.20. The lowest BCUT2D eigenvalue weighted by Crippen LogP contribution is -2.44. The molecule has 3 N–H and O–H groups in total. The summed E-state index contributed by atoms with van der Waals surface area (Å²) in [5.74, 6) is 7.89. The van der Waals surface area contributed by atoms with Gasteiger partial charge in [-0.1, -0.05) is 31.5 Å². The Balaban J connectivity index is 0.00000274. The number of piperidine rings is 1. The molecule has 1 atom stereocenters. The van der Waals surface area contributed by atoms with E-state index in [9.17, 15) is 4.79 Å². The number of fused-ring (bicyclic) bond motifs is 2. The molecule has 1 unspecified atom stereocenters. The first kappa shape index (κ1) is 23.5. The van der Waals surface area contributed by atoms with Crippen LogP contribution < -0.4 is 16.0 Å². The fourth-order valence-electron chi connectivity index (χ4n) is 4.58. The molecule has 1 amide bonds. The van der Waals surface area contributed by atoms with Crippen LogP contribution in [0.3, 0.4) is 0 Å². The molecule has 0 bridgehead atoms. The number of para-hydroxylation sites is 1. The van der Waals surface area contributed by atoms with Crippen molar-refractivity contribution in [3.63, 3.8) is 0 Å². The lowest BCUT2D eigenvalue weighted by atomic mass is 10.1. The average molecular weight is 461 g/mol. The first-order valence-electron chi connectivity index (χ1n) is 11.3. The van der Waals surface area contributed by atoms with Crippen LogP contribution in [0.4, 0.5) is 11.8 Å². The van der Waals surface area contributed by atoms with Crippen LogP contribution in [0.15, 0.2) is 24.3 Å². The normalized spacial score (nSPS) is 17.5. The predicted molar refractivity (Wildman–Crippen MR) is 134 cm³/mol. The molecule has 1 fully saturated rings. The molecule has 2 aromatic heterocycles. The lowest BCUT2D eigenvalue weighted by Gasteiger charge is -2.32. The van der Waals surface area contributed by atoms with Gasteiger partial charge in [0.05, 0.1) is 25.3 Å². The second-order valence-electron chi connectivity index (χ2n) is 8.55. The monoisotopic (exact) mass is 460 g/mol. The molecule has 5 rings (SSSR count). The smallest absolute Gasteiger partial charge is 0.276 e. The molecular weight excluding hydrogens is 428 g/mol. The van der Waals surface area contributed by atoms with Crippen molar-refractivity contribution in [2.75, 3.05) is 30.0 Å². The summed E-state index contributed by atoms with van der Waals surface area (Å²) < 4.78 is 1.91. The van der Waals surface area contributed by atoms with Crippen LogP contribution in [0.5, 0.6) is 0 Å². The summed E-state index contributed by atoms with van der Waals surface area (Å²) >= 11 is 0. The number of hydrogen-bond donors (Lipinski definition) is 2. The Labute approximate surface area is 200 Å². The number of aromatic nitrogens is 4. The van der Waals surface area contributed by atoms with Gasteiger partial charge in [-0.05, 0) is 32.8 Å². The minimum Gasteiger partial charge on any atom is -0.350 e. The van der Waals surface area contributed by atoms with Gasteiger partial charge in [0.25, 0.3) is 5.91 Å². The fraction of sp³-hybridized carbons (Fsp3) is 0.440. The molecule has 0 saturated carbocycles. The summed E-state index contributed by atoms with van der Waals surface area (Å²) in [6, 6.07) is 8.02. The average Bonchev–Trinajstić information content (AvgIpc) is 3.19. The lowest BCUT2D eigenvalue weighted by molar-refractivity contribution is 0.0731. The van der Waals surface area contributed by atoms with E-state index >= 15 is 0 Å². The number of nitrogens with one attached hydrogen (secondary N) is 1. The number of hydrogen-bond acceptors (Lipinski definition) is 7. The largest absolute Gasteiger partial charge is 0.350 e. The Bertz CT molecular complexity index is 1270. The molecule has 0 spiro atoms. The summed E-state index contributed by atoms with van der Waals surface area (Å²) in [5, 5.41) is 4.33. The van der Waals surface area contributed by atoms with Crippen molar-refractivity contribution in [2.24, 2.45) is 5.73 Å². The maximum Gasteiger partial charge on any atom is 0.276 e. The Kier molecular flexibility index (Phi) is 6.70. The van der Waals surface area contributed by atoms with E-state index in [0.717, 1.165) is 48.5 Å². The molecule has 9 heteroatoms. The molecule has 0 radical (unpaired) electrons. The number of benzene rings is 1. The van der Waals surface area contributed by atoms with E-state index in [0.29, 0.717) is 37.1 Å². The SMILES string of the molecule is C.CC#CCn1c(N2CCCC(N)C2)nc2c1C(=O)N(Cc1nc(C)c3ccccc3n1)CN2. The molecule has 4 heterocycles. The van der Waals surface area contributed by atoms with Crippen LogP contribution in [-0.4, -0.2) is 56.1 Å². The second-order valence-corrected chi connectivity index (χ2v) is 8.55. The summed E-state index contributed by atoms with van der Waals surface area (Å²) in [6.07, 6.45) is 2.01. The van der Waals surface area contributed by atoms with Crippen molar-refractivity contribution in [1.29, 1.82) is 0 Å². The number of nitrogens with zero attached hydrogens (tertiary/aromatic N) is 6. The Hall–Kier alpha value is -3.64. The van der Waals surface area contributed by atoms with E-state index in [1.807, 2.05) is 35.8 Å². The minimum atomic E-state index is -0.101. The first-order valence-corrected chi connectivity index (χ1v) is 11.3. The summed E-state index contributed by atoms with van der Waals surface area (Å²) in [6.45, 7) is 6.40. The van der Waals surface area contributed by atoms with Crippen LogP contribution >= 0.6 is 0 Å². The van der Waals surface area contributed by atoms with Crippen LogP contribution in [0.1, 0.15) is 49.2 Å². The van der Waals surface area contributed by atoms with Crippen molar-refractivity contribution < 1.29 is 4.79 Å². The molecule has 2 aliphatic heterocycles. The Morgan fingerprint density at radius 3 is 2.85 bits per heavy atom. The van der Waals surface area contributed by atoms with Crippen molar-refractivity contribution in [1.82, 2.24) is 24.4 Å². The predicted octanol–water partition coefficient (Wildman–Crippen LogP) is 2.75. The third-order valence-electron chi connectivity index (χ3n) is 6.20. The van der Waals surface area contributed by atoms with Gasteiger partial charge in [0.15, 0.2) is 11.5 Å². The van der Waals surface area contributed by atoms with Gasteiger partial charge in [0.2, 0.25) is 5.95 Å². The zero-order chi connectivity index (χ0) is 22.9. The molecule has 0 aliphatic carbocycles. The number of aryl methyl sites for hydroxylation is 1. The van der Waals surface area contributed by atoms with E-state index < -0.39 is 0 Å². The highest BCUT2D eigenvalue weighted by Gasteiger charge is 2.34. The highest BCUT2D eigenvalue weighted by molar-refractivity contribution is 5.99. The van der Waals surface area contributed by atoms with Crippen LogP contribution in [0, 0.1) is 18.8 Å². The molecular formula is C25H32N8O. The zero-order valence-corrected chi connectivity index (χ0v) is 19.0. The van der Waals surface area contributed by atoms with Gasteiger partial charge in [-0.2, -0.15) is 4.98 Å². The topological polar surface area (TPSA) is 105 Å². The summed E-state index contributed by atoms with van der Waals surface area (Å²) in [5.41, 5.74) is 8.52. The number of carbonyl (C=O) groups is 1. The quantitative estimate of drug-likeness (QED) is 0.577. The van der Waals surface area contributed by atoms with E-state index in [1.54, 1.807) is 11.8 Å². The highest BCUT2D eigenvalue weighted by Crippen LogP contribution is 2.30. The number of rotatable bonds is 4. The highest BCUT2D eigenvalue weighted by atomic mass is 16.2.